The lowest BCUT2D eigenvalue weighted by Crippen LogP contribution is -2.54. The zero-order valence-corrected chi connectivity index (χ0v) is 37.4. The molecule has 0 bridgehead atoms. The van der Waals surface area contributed by atoms with Gasteiger partial charge < -0.3 is 66.9 Å². The van der Waals surface area contributed by atoms with E-state index in [9.17, 15) is 19.2 Å². The molecule has 21 heteroatoms. The first kappa shape index (κ1) is 53.6. The number of rotatable bonds is 43. The van der Waals surface area contributed by atoms with Gasteiger partial charge in [-0.1, -0.05) is 22.0 Å². The number of alkyl halides is 1. The largest absolute Gasteiger partial charge is 0.382 e. The second-order valence-corrected chi connectivity index (χ2v) is 14.0. The van der Waals surface area contributed by atoms with Crippen molar-refractivity contribution >= 4 is 45.2 Å². The maximum atomic E-state index is 13.2. The van der Waals surface area contributed by atoms with Crippen molar-refractivity contribution in [3.63, 3.8) is 0 Å². The van der Waals surface area contributed by atoms with E-state index in [1.807, 2.05) is 0 Å². The molecule has 354 valence electrons. The van der Waals surface area contributed by atoms with E-state index in [2.05, 4.69) is 26.6 Å². The molecule has 2 N–H and O–H groups in total. The summed E-state index contributed by atoms with van der Waals surface area (Å²) < 4.78 is 71.2. The molecule has 2 heterocycles. The number of carbonyl (C=O) groups excluding carboxylic acids is 4. The van der Waals surface area contributed by atoms with Gasteiger partial charge in [-0.3, -0.25) is 29.4 Å². The highest BCUT2D eigenvalue weighted by molar-refractivity contribution is 9.09. The van der Waals surface area contributed by atoms with Crippen LogP contribution in [0.15, 0.2) is 18.2 Å². The zero-order chi connectivity index (χ0) is 44.1. The molecule has 1 aromatic rings. The van der Waals surface area contributed by atoms with Crippen molar-refractivity contribution in [3.05, 3.63) is 29.3 Å². The molecule has 1 unspecified atom stereocenters. The number of hydrogen-bond donors (Lipinski definition) is 2. The second-order valence-electron chi connectivity index (χ2n) is 13.3. The number of anilines is 1. The summed E-state index contributed by atoms with van der Waals surface area (Å²) in [6.07, 6.45) is 0.165. The van der Waals surface area contributed by atoms with Gasteiger partial charge in [0.2, 0.25) is 11.8 Å². The van der Waals surface area contributed by atoms with E-state index < -0.39 is 29.7 Å². The molecule has 2 aliphatic rings. The summed E-state index contributed by atoms with van der Waals surface area (Å²) in [5, 5.41) is 6.16. The number of ether oxygens (including phenoxy) is 13. The Morgan fingerprint density at radius 1 is 0.500 bits per heavy atom. The molecular weight excluding hydrogens is 886 g/mol. The van der Waals surface area contributed by atoms with Crippen molar-refractivity contribution in [2.24, 2.45) is 0 Å². The van der Waals surface area contributed by atoms with Crippen molar-refractivity contribution in [3.8, 4) is 0 Å². The van der Waals surface area contributed by atoms with Crippen LogP contribution in [-0.2, 0) is 71.2 Å². The van der Waals surface area contributed by atoms with E-state index in [4.69, 9.17) is 61.6 Å². The molecular formula is C41H66BrN3O17. The summed E-state index contributed by atoms with van der Waals surface area (Å²) in [6, 6.07) is 3.90. The summed E-state index contributed by atoms with van der Waals surface area (Å²) in [4.78, 5) is 50.9. The highest BCUT2D eigenvalue weighted by atomic mass is 79.9. The van der Waals surface area contributed by atoms with Crippen molar-refractivity contribution in [1.82, 2.24) is 10.2 Å². The Bertz CT molecular complexity index is 1370. The van der Waals surface area contributed by atoms with Gasteiger partial charge in [0.05, 0.1) is 183 Å². The second kappa shape index (κ2) is 36.6. The Balaban J connectivity index is 0.963. The molecule has 2 aliphatic heterocycles. The maximum Gasteiger partial charge on any atom is 0.264 e. The molecule has 1 fully saturated rings. The molecule has 62 heavy (non-hydrogen) atoms. The number of nitrogens with zero attached hydrogens (tertiary/aromatic N) is 1. The molecule has 4 amide bonds. The number of hydrogen-bond acceptors (Lipinski definition) is 18. The average Bonchev–Trinajstić information content (AvgIpc) is 3.52. The van der Waals surface area contributed by atoms with E-state index in [1.165, 1.54) is 0 Å². The summed E-state index contributed by atoms with van der Waals surface area (Å²) in [5.74, 6) is -2.17. The molecule has 0 saturated carbocycles. The van der Waals surface area contributed by atoms with Crippen LogP contribution < -0.4 is 10.6 Å². The maximum absolute atomic E-state index is 13.2. The minimum Gasteiger partial charge on any atom is -0.382 e. The predicted molar refractivity (Wildman–Crippen MR) is 226 cm³/mol. The van der Waals surface area contributed by atoms with Crippen LogP contribution in [0.2, 0.25) is 0 Å². The monoisotopic (exact) mass is 951 g/mol. The van der Waals surface area contributed by atoms with Crippen LogP contribution in [-0.4, -0.2) is 218 Å². The van der Waals surface area contributed by atoms with Crippen LogP contribution >= 0.6 is 15.9 Å². The first-order valence-electron chi connectivity index (χ1n) is 21.2. The lowest BCUT2D eigenvalue weighted by molar-refractivity contribution is -0.136. The molecule has 1 atom stereocenters. The lowest BCUT2D eigenvalue weighted by Gasteiger charge is -2.27. The van der Waals surface area contributed by atoms with Crippen LogP contribution in [0.3, 0.4) is 0 Å². The molecule has 1 saturated heterocycles. The number of halogens is 1. The molecule has 1 aromatic carbocycles. The first-order chi connectivity index (χ1) is 30.5. The number of fused-ring (bicyclic) bond motifs is 1. The Labute approximate surface area is 372 Å². The fourth-order valence-corrected chi connectivity index (χ4v) is 5.94. The van der Waals surface area contributed by atoms with Crippen LogP contribution in [0.5, 0.6) is 0 Å². The fraction of sp³-hybridized carbons (Fsp3) is 0.756. The SMILES string of the molecule is O=C1CCC(N2C(=O)c3cccc(NCCOCCOCCOCCOCCOCCOCCOCCOCCOCCOCCOCCOCCOCCBr)c3C2=O)C(=O)N1. The van der Waals surface area contributed by atoms with Gasteiger partial charge in [-0.2, -0.15) is 0 Å². The zero-order valence-electron chi connectivity index (χ0n) is 35.8. The van der Waals surface area contributed by atoms with E-state index >= 15 is 0 Å². The van der Waals surface area contributed by atoms with E-state index in [-0.39, 0.29) is 24.0 Å². The summed E-state index contributed by atoms with van der Waals surface area (Å²) in [7, 11) is 0. The van der Waals surface area contributed by atoms with E-state index in [0.717, 1.165) is 10.2 Å². The van der Waals surface area contributed by atoms with Gasteiger partial charge in [-0.05, 0) is 18.6 Å². The minimum atomic E-state index is -1.01. The molecule has 0 radical (unpaired) electrons. The molecule has 0 aliphatic carbocycles. The Morgan fingerprint density at radius 2 is 0.855 bits per heavy atom. The van der Waals surface area contributed by atoms with E-state index in [1.54, 1.807) is 18.2 Å². The third kappa shape index (κ3) is 23.8. The van der Waals surface area contributed by atoms with Crippen molar-refractivity contribution in [1.29, 1.82) is 0 Å². The third-order valence-corrected chi connectivity index (χ3v) is 9.04. The summed E-state index contributed by atoms with van der Waals surface area (Å²) >= 11 is 3.30. The highest BCUT2D eigenvalue weighted by Gasteiger charge is 2.45. The summed E-state index contributed by atoms with van der Waals surface area (Å²) in [6.45, 7) is 12.9. The minimum absolute atomic E-state index is 0.0636. The molecule has 0 aromatic heterocycles. The van der Waals surface area contributed by atoms with Gasteiger partial charge in [0, 0.05) is 24.0 Å². The fourth-order valence-electron chi connectivity index (χ4n) is 5.72. The summed E-state index contributed by atoms with van der Waals surface area (Å²) in [5.41, 5.74) is 0.901. The van der Waals surface area contributed by atoms with Gasteiger partial charge in [-0.15, -0.1) is 0 Å². The number of amides is 4. The van der Waals surface area contributed by atoms with Crippen LogP contribution in [0.1, 0.15) is 33.6 Å². The Kier molecular flexibility index (Phi) is 31.6. The van der Waals surface area contributed by atoms with Gasteiger partial charge in [0.15, 0.2) is 0 Å². The van der Waals surface area contributed by atoms with Crippen molar-refractivity contribution in [2.45, 2.75) is 18.9 Å². The Hall–Kier alpha value is -2.74. The van der Waals surface area contributed by atoms with Gasteiger partial charge in [-0.25, -0.2) is 0 Å². The number of nitrogens with one attached hydrogen (secondary N) is 2. The number of piperidine rings is 1. The number of imide groups is 2. The van der Waals surface area contributed by atoms with E-state index in [0.29, 0.717) is 184 Å². The van der Waals surface area contributed by atoms with Crippen LogP contribution in [0.4, 0.5) is 5.69 Å². The normalized spacial score (nSPS) is 15.2. The van der Waals surface area contributed by atoms with Gasteiger partial charge in [0.1, 0.15) is 6.04 Å². The van der Waals surface area contributed by atoms with Crippen molar-refractivity contribution in [2.75, 3.05) is 189 Å². The van der Waals surface area contributed by atoms with Crippen molar-refractivity contribution < 1.29 is 80.8 Å². The number of benzene rings is 1. The van der Waals surface area contributed by atoms with Gasteiger partial charge >= 0.3 is 0 Å². The standard InChI is InChI=1S/C41H66BrN3O17/c42-6-8-50-10-12-52-14-16-54-18-20-56-22-24-58-26-28-60-30-32-62-33-31-61-29-27-59-25-23-57-21-19-55-17-15-53-13-11-51-9-7-43-35-3-1-2-34-38(35)41(49)45(40(34)48)36-4-5-37(46)44-39(36)47/h1-3,36,43H,4-33H2,(H,44,46,47). The Morgan fingerprint density at radius 3 is 1.21 bits per heavy atom. The van der Waals surface area contributed by atoms with Gasteiger partial charge in [0.25, 0.3) is 11.8 Å². The quantitative estimate of drug-likeness (QED) is 0.0533. The third-order valence-electron chi connectivity index (χ3n) is 8.72. The van der Waals surface area contributed by atoms with Crippen LogP contribution in [0.25, 0.3) is 0 Å². The number of carbonyl (C=O) groups is 4. The molecule has 0 spiro atoms. The predicted octanol–water partition coefficient (Wildman–Crippen LogP) is 1.11. The lowest BCUT2D eigenvalue weighted by atomic mass is 10.0. The van der Waals surface area contributed by atoms with Crippen LogP contribution in [0, 0.1) is 0 Å². The first-order valence-corrected chi connectivity index (χ1v) is 22.3. The smallest absolute Gasteiger partial charge is 0.264 e. The molecule has 3 rings (SSSR count). The highest BCUT2D eigenvalue weighted by Crippen LogP contribution is 2.32. The average molecular weight is 953 g/mol. The topological polar surface area (TPSA) is 216 Å². The molecule has 20 nitrogen and oxygen atoms in total.